The molecule has 2 rings (SSSR count). The van der Waals surface area contributed by atoms with Crippen molar-refractivity contribution in [2.75, 3.05) is 7.11 Å². The smallest absolute Gasteiger partial charge is 0.138 e. The first-order valence-corrected chi connectivity index (χ1v) is 6.39. The number of methoxy groups -OCH3 is 1. The van der Waals surface area contributed by atoms with Crippen LogP contribution in [-0.2, 0) is 18.0 Å². The lowest BCUT2D eigenvalue weighted by Crippen LogP contribution is -1.99. The Morgan fingerprint density at radius 2 is 1.89 bits per heavy atom. The van der Waals surface area contributed by atoms with Crippen molar-refractivity contribution in [3.05, 3.63) is 45.7 Å². The summed E-state index contributed by atoms with van der Waals surface area (Å²) in [6.07, 6.45) is 0. The van der Waals surface area contributed by atoms with E-state index in [1.54, 1.807) is 11.8 Å². The molecule has 0 saturated carbocycles. The van der Waals surface area contributed by atoms with Crippen LogP contribution in [0.5, 0.6) is 0 Å². The van der Waals surface area contributed by atoms with Gasteiger partial charge in [0.05, 0.1) is 24.6 Å². The van der Waals surface area contributed by atoms with Crippen LogP contribution in [0, 0.1) is 13.8 Å². The van der Waals surface area contributed by atoms with Crippen molar-refractivity contribution in [2.24, 2.45) is 0 Å². The van der Waals surface area contributed by atoms with Crippen LogP contribution in [-0.4, -0.2) is 22.0 Å². The van der Waals surface area contributed by atoms with Gasteiger partial charge in [-0.2, -0.15) is 5.10 Å². The van der Waals surface area contributed by atoms with Crippen LogP contribution in [0.3, 0.4) is 0 Å². The molecule has 0 amide bonds. The van der Waals surface area contributed by atoms with Gasteiger partial charge in [-0.3, -0.25) is 0 Å². The third kappa shape index (κ3) is 2.81. The molecule has 0 radical (unpaired) electrons. The molecule has 102 valence electrons. The molecular weight excluding hydrogens is 264 g/mol. The number of aliphatic hydroxyl groups is 1. The molecule has 0 atom stereocenters. The van der Waals surface area contributed by atoms with Crippen LogP contribution in [0.4, 0.5) is 0 Å². The van der Waals surface area contributed by atoms with Crippen molar-refractivity contribution in [1.82, 2.24) is 9.78 Å². The Hall–Kier alpha value is -1.36. The Balaban J connectivity index is 2.55. The molecule has 0 aliphatic carbocycles. The number of benzene rings is 1. The van der Waals surface area contributed by atoms with Crippen LogP contribution in [0.25, 0.3) is 5.69 Å². The molecule has 19 heavy (non-hydrogen) atoms. The van der Waals surface area contributed by atoms with E-state index in [4.69, 9.17) is 16.3 Å². The van der Waals surface area contributed by atoms with Crippen molar-refractivity contribution >= 4 is 11.6 Å². The van der Waals surface area contributed by atoms with Crippen molar-refractivity contribution < 1.29 is 9.84 Å². The molecule has 4 nitrogen and oxygen atoms in total. The van der Waals surface area contributed by atoms with Gasteiger partial charge >= 0.3 is 0 Å². The molecule has 0 aliphatic heterocycles. The second kappa shape index (κ2) is 5.74. The first kappa shape index (κ1) is 14.1. The molecule has 0 aliphatic rings. The number of hydrogen-bond acceptors (Lipinski definition) is 3. The number of halogens is 1. The molecule has 1 aromatic heterocycles. The third-order valence-corrected chi connectivity index (χ3v) is 3.28. The number of aliphatic hydroxyl groups excluding tert-OH is 1. The van der Waals surface area contributed by atoms with Crippen LogP contribution in [0.15, 0.2) is 18.2 Å². The number of aromatic nitrogens is 2. The largest absolute Gasteiger partial charge is 0.391 e. The van der Waals surface area contributed by atoms with Crippen molar-refractivity contribution in [3.63, 3.8) is 0 Å². The first-order chi connectivity index (χ1) is 9.06. The maximum atomic E-state index is 9.40. The highest BCUT2D eigenvalue weighted by Crippen LogP contribution is 2.25. The minimum Gasteiger partial charge on any atom is -0.391 e. The highest BCUT2D eigenvalue weighted by Gasteiger charge is 2.16. The van der Waals surface area contributed by atoms with E-state index in [9.17, 15) is 5.11 Å². The first-order valence-electron chi connectivity index (χ1n) is 6.01. The Morgan fingerprint density at radius 1 is 1.26 bits per heavy atom. The van der Waals surface area contributed by atoms with Gasteiger partial charge in [0.2, 0.25) is 0 Å². The number of nitrogens with zero attached hydrogens (tertiary/aromatic N) is 2. The van der Waals surface area contributed by atoms with Gasteiger partial charge in [-0.05, 0) is 37.1 Å². The van der Waals surface area contributed by atoms with E-state index in [2.05, 4.69) is 11.2 Å². The fraction of sp³-hybridized carbons (Fsp3) is 0.357. The Labute approximate surface area is 117 Å². The van der Waals surface area contributed by atoms with Gasteiger partial charge in [0.25, 0.3) is 0 Å². The standard InChI is InChI=1S/C14H17ClN2O2/c1-9-4-10(2)6-11(5-9)17-14(15)12(7-18)13(16-17)8-19-3/h4-6,18H,7-8H2,1-3H3. The summed E-state index contributed by atoms with van der Waals surface area (Å²) >= 11 is 6.29. The number of hydrogen-bond donors (Lipinski definition) is 1. The number of rotatable bonds is 4. The van der Waals surface area contributed by atoms with E-state index in [0.29, 0.717) is 23.0 Å². The summed E-state index contributed by atoms with van der Waals surface area (Å²) in [5.74, 6) is 0. The Bertz CT molecular complexity index is 573. The summed E-state index contributed by atoms with van der Waals surface area (Å²) in [6.45, 7) is 4.23. The van der Waals surface area contributed by atoms with E-state index >= 15 is 0 Å². The summed E-state index contributed by atoms with van der Waals surface area (Å²) < 4.78 is 6.72. The van der Waals surface area contributed by atoms with Crippen LogP contribution in [0.1, 0.15) is 22.4 Å². The molecule has 5 heteroatoms. The Morgan fingerprint density at radius 3 is 2.42 bits per heavy atom. The van der Waals surface area contributed by atoms with Crippen LogP contribution >= 0.6 is 11.6 Å². The second-order valence-electron chi connectivity index (χ2n) is 4.56. The number of ether oxygens (including phenoxy) is 1. The zero-order valence-electron chi connectivity index (χ0n) is 11.3. The van der Waals surface area contributed by atoms with Crippen molar-refractivity contribution in [2.45, 2.75) is 27.1 Å². The monoisotopic (exact) mass is 280 g/mol. The van der Waals surface area contributed by atoms with Gasteiger partial charge < -0.3 is 9.84 Å². The lowest BCUT2D eigenvalue weighted by Gasteiger charge is -2.06. The van der Waals surface area contributed by atoms with E-state index in [1.807, 2.05) is 26.0 Å². The minimum absolute atomic E-state index is 0.150. The quantitative estimate of drug-likeness (QED) is 0.937. The summed E-state index contributed by atoms with van der Waals surface area (Å²) in [5.41, 5.74) is 4.44. The van der Waals surface area contributed by atoms with E-state index in [-0.39, 0.29) is 6.61 Å². The maximum absolute atomic E-state index is 9.40. The highest BCUT2D eigenvalue weighted by molar-refractivity contribution is 6.30. The molecule has 2 aromatic rings. The van der Waals surface area contributed by atoms with Crippen molar-refractivity contribution in [3.8, 4) is 5.69 Å². The van der Waals surface area contributed by atoms with Crippen LogP contribution in [0.2, 0.25) is 5.15 Å². The molecular formula is C14H17ClN2O2. The summed E-state index contributed by atoms with van der Waals surface area (Å²) in [5, 5.41) is 14.3. The van der Waals surface area contributed by atoms with E-state index in [0.717, 1.165) is 16.8 Å². The molecule has 0 spiro atoms. The van der Waals surface area contributed by atoms with Crippen LogP contribution < -0.4 is 0 Å². The molecule has 0 unspecified atom stereocenters. The average Bonchev–Trinajstić information content (AvgIpc) is 2.65. The average molecular weight is 281 g/mol. The zero-order valence-corrected chi connectivity index (χ0v) is 12.0. The fourth-order valence-electron chi connectivity index (χ4n) is 2.13. The van der Waals surface area contributed by atoms with Gasteiger partial charge in [-0.15, -0.1) is 0 Å². The predicted octanol–water partition coefficient (Wildman–Crippen LogP) is 2.78. The third-order valence-electron chi connectivity index (χ3n) is 2.89. The summed E-state index contributed by atoms with van der Waals surface area (Å²) in [6, 6.07) is 6.09. The summed E-state index contributed by atoms with van der Waals surface area (Å²) in [4.78, 5) is 0. The second-order valence-corrected chi connectivity index (χ2v) is 4.92. The molecule has 0 saturated heterocycles. The molecule has 1 heterocycles. The van der Waals surface area contributed by atoms with Gasteiger partial charge in [0, 0.05) is 12.7 Å². The normalized spacial score (nSPS) is 11.0. The lowest BCUT2D eigenvalue weighted by atomic mass is 10.1. The Kier molecular flexibility index (Phi) is 4.24. The minimum atomic E-state index is -0.150. The molecule has 1 aromatic carbocycles. The fourth-order valence-corrected chi connectivity index (χ4v) is 2.43. The van der Waals surface area contributed by atoms with E-state index in [1.165, 1.54) is 0 Å². The SMILES string of the molecule is COCc1nn(-c2cc(C)cc(C)c2)c(Cl)c1CO. The van der Waals surface area contributed by atoms with Crippen molar-refractivity contribution in [1.29, 1.82) is 0 Å². The number of aryl methyl sites for hydroxylation is 2. The molecule has 1 N–H and O–H groups in total. The van der Waals surface area contributed by atoms with Gasteiger partial charge in [0.15, 0.2) is 0 Å². The molecule has 0 bridgehead atoms. The summed E-state index contributed by atoms with van der Waals surface area (Å²) in [7, 11) is 1.59. The maximum Gasteiger partial charge on any atom is 0.138 e. The zero-order chi connectivity index (χ0) is 14.0. The van der Waals surface area contributed by atoms with E-state index < -0.39 is 0 Å². The topological polar surface area (TPSA) is 47.3 Å². The molecule has 0 fully saturated rings. The lowest BCUT2D eigenvalue weighted by molar-refractivity contribution is 0.178. The van der Waals surface area contributed by atoms with Gasteiger partial charge in [-0.1, -0.05) is 17.7 Å². The highest BCUT2D eigenvalue weighted by atomic mass is 35.5. The van der Waals surface area contributed by atoms with Gasteiger partial charge in [-0.25, -0.2) is 4.68 Å². The van der Waals surface area contributed by atoms with Gasteiger partial charge in [0.1, 0.15) is 5.15 Å². The predicted molar refractivity (Wildman–Crippen MR) is 74.7 cm³/mol.